The number of aromatic nitrogens is 2. The van der Waals surface area contributed by atoms with E-state index in [0.29, 0.717) is 26.2 Å². The zero-order valence-corrected chi connectivity index (χ0v) is 18.0. The summed E-state index contributed by atoms with van der Waals surface area (Å²) in [7, 11) is 0. The lowest BCUT2D eigenvalue weighted by Gasteiger charge is -2.44. The Labute approximate surface area is 179 Å². The van der Waals surface area contributed by atoms with Crippen LogP contribution in [0.2, 0.25) is 0 Å². The van der Waals surface area contributed by atoms with Crippen molar-refractivity contribution in [2.45, 2.75) is 38.1 Å². The third-order valence-corrected chi connectivity index (χ3v) is 6.30. The normalized spacial score (nSPS) is 23.9. The molecule has 4 rings (SSSR count). The van der Waals surface area contributed by atoms with Gasteiger partial charge in [0, 0.05) is 22.7 Å². The lowest BCUT2D eigenvalue weighted by molar-refractivity contribution is -0.139. The summed E-state index contributed by atoms with van der Waals surface area (Å²) in [6, 6.07) is 3.79. The second kappa shape index (κ2) is 8.03. The molecule has 1 unspecified atom stereocenters. The molecule has 29 heavy (non-hydrogen) atoms. The molecule has 1 aromatic heterocycles. The van der Waals surface area contributed by atoms with E-state index in [1.165, 1.54) is 0 Å². The van der Waals surface area contributed by atoms with Gasteiger partial charge in [-0.15, -0.1) is 0 Å². The molecule has 0 spiro atoms. The molecule has 1 aromatic carbocycles. The summed E-state index contributed by atoms with van der Waals surface area (Å²) in [5, 5.41) is 3.09. The van der Waals surface area contributed by atoms with Crippen LogP contribution in [-0.4, -0.2) is 64.9 Å². The van der Waals surface area contributed by atoms with Crippen molar-refractivity contribution in [3.8, 4) is 0 Å². The Morgan fingerprint density at radius 1 is 1.38 bits per heavy atom. The summed E-state index contributed by atoms with van der Waals surface area (Å²) in [6.07, 6.45) is -2.38. The van der Waals surface area contributed by atoms with Gasteiger partial charge in [-0.25, -0.2) is 4.98 Å². The molecule has 2 saturated heterocycles. The van der Waals surface area contributed by atoms with Gasteiger partial charge in [0.15, 0.2) is 0 Å². The smallest absolute Gasteiger partial charge is 0.378 e. The standard InChI is InChI=1S/C19H22F3IN4O2/c1-11-6-26(13-7-29-8-13)3-2-15(11)25-18(28)14-4-12(23)5-16-17(14)24-10-27(16)9-19(20,21)22/h4-5,10-11,13,15H,2-3,6-9H2,1H3,(H,25,28)/t11-,15?/m0/s1. The maximum Gasteiger partial charge on any atom is 0.406 e. The van der Waals surface area contributed by atoms with Gasteiger partial charge in [-0.05, 0) is 47.1 Å². The number of fused-ring (bicyclic) bond motifs is 1. The molecule has 0 saturated carbocycles. The lowest BCUT2D eigenvalue weighted by atomic mass is 9.92. The summed E-state index contributed by atoms with van der Waals surface area (Å²) in [4.78, 5) is 19.5. The first-order valence-corrected chi connectivity index (χ1v) is 10.6. The van der Waals surface area contributed by atoms with Crippen molar-refractivity contribution in [3.63, 3.8) is 0 Å². The van der Waals surface area contributed by atoms with Crippen LogP contribution in [0.25, 0.3) is 11.0 Å². The molecule has 2 aliphatic rings. The molecule has 0 bridgehead atoms. The molecule has 0 aliphatic carbocycles. The Bertz CT molecular complexity index is 913. The number of imidazole rings is 1. The van der Waals surface area contributed by atoms with E-state index >= 15 is 0 Å². The summed E-state index contributed by atoms with van der Waals surface area (Å²) >= 11 is 2.01. The number of likely N-dealkylation sites (tertiary alicyclic amines) is 1. The molecule has 3 heterocycles. The van der Waals surface area contributed by atoms with Gasteiger partial charge in [-0.2, -0.15) is 13.2 Å². The molecule has 1 amide bonds. The molecule has 1 N–H and O–H groups in total. The Balaban J connectivity index is 1.51. The van der Waals surface area contributed by atoms with E-state index in [1.807, 2.05) is 22.6 Å². The van der Waals surface area contributed by atoms with Gasteiger partial charge in [0.2, 0.25) is 0 Å². The number of alkyl halides is 3. The number of piperidine rings is 1. The SMILES string of the molecule is C[C@H]1CN(C2COC2)CCC1NC(=O)c1cc(I)cc2c1ncn2CC(F)(F)F. The number of rotatable bonds is 4. The Morgan fingerprint density at radius 2 is 2.14 bits per heavy atom. The third-order valence-electron chi connectivity index (χ3n) is 5.67. The van der Waals surface area contributed by atoms with Crippen LogP contribution in [0.15, 0.2) is 18.5 Å². The average molecular weight is 522 g/mol. The maximum absolute atomic E-state index is 13.0. The lowest BCUT2D eigenvalue weighted by Crippen LogP contribution is -2.57. The van der Waals surface area contributed by atoms with E-state index in [-0.39, 0.29) is 17.9 Å². The third kappa shape index (κ3) is 4.53. The molecule has 6 nitrogen and oxygen atoms in total. The highest BCUT2D eigenvalue weighted by atomic mass is 127. The van der Waals surface area contributed by atoms with E-state index in [1.54, 1.807) is 12.1 Å². The first-order valence-electron chi connectivity index (χ1n) is 9.55. The van der Waals surface area contributed by atoms with E-state index in [0.717, 1.165) is 43.6 Å². The number of nitrogens with zero attached hydrogens (tertiary/aromatic N) is 3. The monoisotopic (exact) mass is 522 g/mol. The molecule has 2 fully saturated rings. The molecule has 2 aliphatic heterocycles. The highest BCUT2D eigenvalue weighted by molar-refractivity contribution is 14.1. The quantitative estimate of drug-likeness (QED) is 0.628. The van der Waals surface area contributed by atoms with Crippen LogP contribution in [0.1, 0.15) is 23.7 Å². The van der Waals surface area contributed by atoms with Crippen LogP contribution >= 0.6 is 22.6 Å². The number of nitrogens with one attached hydrogen (secondary N) is 1. The fourth-order valence-corrected chi connectivity index (χ4v) is 4.63. The number of carbonyl (C=O) groups is 1. The maximum atomic E-state index is 13.0. The second-order valence-corrected chi connectivity index (χ2v) is 9.09. The number of halogens is 4. The van der Waals surface area contributed by atoms with Gasteiger partial charge in [0.05, 0.1) is 36.7 Å². The number of carbonyl (C=O) groups excluding carboxylic acids is 1. The average Bonchev–Trinajstić information content (AvgIpc) is 2.96. The zero-order valence-electron chi connectivity index (χ0n) is 15.9. The number of benzene rings is 1. The first kappa shape index (κ1) is 20.9. The Hall–Kier alpha value is -1.40. The van der Waals surface area contributed by atoms with Crippen LogP contribution in [0.3, 0.4) is 0 Å². The Kier molecular flexibility index (Phi) is 5.77. The molecule has 2 atom stereocenters. The van der Waals surface area contributed by atoms with Crippen molar-refractivity contribution in [2.24, 2.45) is 5.92 Å². The summed E-state index contributed by atoms with van der Waals surface area (Å²) in [6.45, 7) is 4.30. The molecule has 158 valence electrons. The van der Waals surface area contributed by atoms with Crippen molar-refractivity contribution >= 4 is 39.5 Å². The molecular formula is C19H22F3IN4O2. The Morgan fingerprint density at radius 3 is 2.76 bits per heavy atom. The van der Waals surface area contributed by atoms with E-state index in [4.69, 9.17) is 4.74 Å². The van der Waals surface area contributed by atoms with Gasteiger partial charge in [0.25, 0.3) is 5.91 Å². The number of amides is 1. The predicted octanol–water partition coefficient (Wildman–Crippen LogP) is 3.04. The van der Waals surface area contributed by atoms with Gasteiger partial charge in [-0.1, -0.05) is 6.92 Å². The predicted molar refractivity (Wildman–Crippen MR) is 110 cm³/mol. The van der Waals surface area contributed by atoms with Crippen LogP contribution in [0.4, 0.5) is 13.2 Å². The highest BCUT2D eigenvalue weighted by Gasteiger charge is 2.34. The van der Waals surface area contributed by atoms with Crippen LogP contribution in [0, 0.1) is 9.49 Å². The number of ether oxygens (including phenoxy) is 1. The molecule has 2 aromatic rings. The topological polar surface area (TPSA) is 59.4 Å². The summed E-state index contributed by atoms with van der Waals surface area (Å²) in [5.74, 6) is -0.0163. The van der Waals surface area contributed by atoms with Crippen molar-refractivity contribution in [1.29, 1.82) is 0 Å². The number of hydrogen-bond acceptors (Lipinski definition) is 4. The van der Waals surface area contributed by atoms with Crippen molar-refractivity contribution in [1.82, 2.24) is 19.8 Å². The van der Waals surface area contributed by atoms with Gasteiger partial charge < -0.3 is 14.6 Å². The van der Waals surface area contributed by atoms with Crippen molar-refractivity contribution in [2.75, 3.05) is 26.3 Å². The fourth-order valence-electron chi connectivity index (χ4n) is 4.03. The largest absolute Gasteiger partial charge is 0.406 e. The van der Waals surface area contributed by atoms with Crippen LogP contribution in [0.5, 0.6) is 0 Å². The minimum absolute atomic E-state index is 0.0184. The summed E-state index contributed by atoms with van der Waals surface area (Å²) in [5.41, 5.74) is 0.922. The highest BCUT2D eigenvalue weighted by Crippen LogP contribution is 2.26. The summed E-state index contributed by atoms with van der Waals surface area (Å²) < 4.78 is 45.5. The fraction of sp³-hybridized carbons (Fsp3) is 0.579. The molecule has 0 radical (unpaired) electrons. The molecular weight excluding hydrogens is 500 g/mol. The van der Waals surface area contributed by atoms with Gasteiger partial charge >= 0.3 is 6.18 Å². The first-order chi connectivity index (χ1) is 13.7. The zero-order chi connectivity index (χ0) is 20.8. The minimum Gasteiger partial charge on any atom is -0.378 e. The van der Waals surface area contributed by atoms with E-state index in [9.17, 15) is 18.0 Å². The van der Waals surface area contributed by atoms with Gasteiger partial charge in [-0.3, -0.25) is 9.69 Å². The van der Waals surface area contributed by atoms with Gasteiger partial charge in [0.1, 0.15) is 12.1 Å². The van der Waals surface area contributed by atoms with Crippen LogP contribution < -0.4 is 5.32 Å². The van der Waals surface area contributed by atoms with E-state index < -0.39 is 12.7 Å². The van der Waals surface area contributed by atoms with Crippen molar-refractivity contribution in [3.05, 3.63) is 27.6 Å². The number of hydrogen-bond donors (Lipinski definition) is 1. The minimum atomic E-state index is -4.35. The van der Waals surface area contributed by atoms with Crippen molar-refractivity contribution < 1.29 is 22.7 Å². The van der Waals surface area contributed by atoms with Crippen LogP contribution in [-0.2, 0) is 11.3 Å². The molecule has 10 heteroatoms. The second-order valence-electron chi connectivity index (χ2n) is 7.84. The van der Waals surface area contributed by atoms with E-state index in [2.05, 4.69) is 22.1 Å².